The molecular weight excluding hydrogens is 340 g/mol. The number of nitrogens with zero attached hydrogens (tertiary/aromatic N) is 3. The fraction of sp³-hybridized carbons (Fsp3) is 0.294. The van der Waals surface area contributed by atoms with Gasteiger partial charge in [0.15, 0.2) is 0 Å². The van der Waals surface area contributed by atoms with Crippen LogP contribution in [-0.4, -0.2) is 33.1 Å². The zero-order chi connectivity index (χ0) is 18.1. The van der Waals surface area contributed by atoms with Crippen molar-refractivity contribution in [2.45, 2.75) is 24.8 Å². The van der Waals surface area contributed by atoms with E-state index in [0.717, 1.165) is 16.9 Å². The number of imidazole rings is 1. The molecule has 0 radical (unpaired) electrons. The predicted molar refractivity (Wildman–Crippen MR) is 96.8 cm³/mol. The Morgan fingerprint density at radius 2 is 2.00 bits per heavy atom. The fourth-order valence-corrected chi connectivity index (χ4v) is 3.94. The van der Waals surface area contributed by atoms with Crippen molar-refractivity contribution in [3.8, 4) is 11.5 Å². The first kappa shape index (κ1) is 17.2. The monoisotopic (exact) mass is 360 g/mol. The van der Waals surface area contributed by atoms with E-state index in [1.165, 1.54) is 4.68 Å². The van der Waals surface area contributed by atoms with Crippen molar-refractivity contribution >= 4 is 21.8 Å². The number of aromatic nitrogens is 3. The normalized spacial score (nSPS) is 12.3. The van der Waals surface area contributed by atoms with Crippen molar-refractivity contribution in [3.63, 3.8) is 0 Å². The molecule has 0 aliphatic heterocycles. The van der Waals surface area contributed by atoms with Crippen LogP contribution in [0.3, 0.4) is 0 Å². The maximum Gasteiger partial charge on any atom is 0.219 e. The van der Waals surface area contributed by atoms with Gasteiger partial charge in [-0.2, -0.15) is 0 Å². The summed E-state index contributed by atoms with van der Waals surface area (Å²) in [6.07, 6.45) is 1.72. The fourth-order valence-electron chi connectivity index (χ4n) is 2.75. The smallest absolute Gasteiger partial charge is 0.219 e. The maximum atomic E-state index is 12.8. The minimum Gasteiger partial charge on any atom is -0.497 e. The Bertz CT molecular complexity index is 968. The number of methoxy groups -OCH3 is 2. The molecule has 3 aromatic rings. The van der Waals surface area contributed by atoms with Crippen molar-refractivity contribution in [2.75, 3.05) is 20.1 Å². The van der Waals surface area contributed by atoms with Gasteiger partial charge in [-0.3, -0.25) is 9.19 Å². The second-order valence-corrected chi connectivity index (χ2v) is 7.00. The Balaban J connectivity index is 1.97. The van der Waals surface area contributed by atoms with Gasteiger partial charge in [-0.25, -0.2) is 9.66 Å². The summed E-state index contributed by atoms with van der Waals surface area (Å²) in [4.78, 5) is 8.80. The third-order valence-electron chi connectivity index (χ3n) is 4.09. The van der Waals surface area contributed by atoms with E-state index < -0.39 is 10.8 Å². The van der Waals surface area contributed by atoms with E-state index in [1.54, 1.807) is 38.6 Å². The molecule has 2 heterocycles. The largest absolute Gasteiger partial charge is 0.497 e. The first-order valence-electron chi connectivity index (χ1n) is 7.65. The molecule has 0 fully saturated rings. The van der Waals surface area contributed by atoms with E-state index in [9.17, 15) is 4.21 Å². The Morgan fingerprint density at radius 3 is 2.68 bits per heavy atom. The number of pyridine rings is 1. The van der Waals surface area contributed by atoms with Crippen LogP contribution in [0.4, 0.5) is 0 Å². The van der Waals surface area contributed by atoms with Gasteiger partial charge >= 0.3 is 0 Å². The minimum absolute atomic E-state index is 0.208. The van der Waals surface area contributed by atoms with E-state index >= 15 is 0 Å². The second-order valence-electron chi connectivity index (χ2n) is 5.66. The molecule has 1 aromatic carbocycles. The summed E-state index contributed by atoms with van der Waals surface area (Å²) in [5.74, 6) is 7.71. The van der Waals surface area contributed by atoms with Gasteiger partial charge in [-0.05, 0) is 26.0 Å². The summed E-state index contributed by atoms with van der Waals surface area (Å²) >= 11 is 0. The molecule has 0 saturated carbocycles. The van der Waals surface area contributed by atoms with Gasteiger partial charge in [0.05, 0.1) is 47.5 Å². The van der Waals surface area contributed by atoms with Crippen molar-refractivity contribution in [1.29, 1.82) is 0 Å². The highest BCUT2D eigenvalue weighted by Crippen LogP contribution is 2.26. The van der Waals surface area contributed by atoms with Crippen LogP contribution in [0.1, 0.15) is 16.8 Å². The molecule has 2 N–H and O–H groups in total. The molecule has 0 amide bonds. The Kier molecular flexibility index (Phi) is 4.63. The van der Waals surface area contributed by atoms with Gasteiger partial charge in [0, 0.05) is 23.4 Å². The van der Waals surface area contributed by atoms with Crippen LogP contribution >= 0.6 is 0 Å². The number of hydrogen-bond acceptors (Lipinski definition) is 6. The van der Waals surface area contributed by atoms with Crippen LogP contribution in [0, 0.1) is 13.8 Å². The Morgan fingerprint density at radius 1 is 1.24 bits per heavy atom. The lowest BCUT2D eigenvalue weighted by atomic mass is 10.1. The van der Waals surface area contributed by atoms with Crippen LogP contribution in [0.25, 0.3) is 11.0 Å². The molecule has 7 nitrogen and oxygen atoms in total. The van der Waals surface area contributed by atoms with Crippen LogP contribution in [0.5, 0.6) is 11.5 Å². The zero-order valence-corrected chi connectivity index (χ0v) is 15.4. The standard InChI is InChI=1S/C17H20N4O3S/c1-10-8-19-14(11(2)16(10)24-4)9-25(22)17-20-13-7-12(23-3)5-6-15(13)21(17)18/h5-8H,9,18H2,1-4H3/t25-/m1/s1. The number of rotatable bonds is 5. The first-order chi connectivity index (χ1) is 12.0. The summed E-state index contributed by atoms with van der Waals surface area (Å²) in [6, 6.07) is 5.34. The lowest BCUT2D eigenvalue weighted by molar-refractivity contribution is 0.407. The molecule has 25 heavy (non-hydrogen) atoms. The molecular formula is C17H20N4O3S. The number of nitrogen functional groups attached to an aromatic ring is 1. The number of ether oxygens (including phenoxy) is 2. The minimum atomic E-state index is -1.45. The highest BCUT2D eigenvalue weighted by molar-refractivity contribution is 7.84. The first-order valence-corrected chi connectivity index (χ1v) is 8.97. The molecule has 0 bridgehead atoms. The van der Waals surface area contributed by atoms with Gasteiger partial charge in [0.25, 0.3) is 0 Å². The van der Waals surface area contributed by atoms with Gasteiger partial charge in [0.2, 0.25) is 5.16 Å². The topological polar surface area (TPSA) is 92.3 Å². The molecule has 0 unspecified atom stereocenters. The number of hydrogen-bond donors (Lipinski definition) is 1. The summed E-state index contributed by atoms with van der Waals surface area (Å²) in [5, 5.41) is 0.295. The third kappa shape index (κ3) is 3.05. The lowest BCUT2D eigenvalue weighted by Crippen LogP contribution is -2.15. The van der Waals surface area contributed by atoms with E-state index in [1.807, 2.05) is 13.8 Å². The molecule has 132 valence electrons. The summed E-state index contributed by atoms with van der Waals surface area (Å²) in [7, 11) is 1.75. The van der Waals surface area contributed by atoms with Crippen LogP contribution < -0.4 is 15.3 Å². The summed E-state index contributed by atoms with van der Waals surface area (Å²) in [5.41, 5.74) is 3.84. The second kappa shape index (κ2) is 6.72. The predicted octanol–water partition coefficient (Wildman–Crippen LogP) is 2.09. The van der Waals surface area contributed by atoms with E-state index in [-0.39, 0.29) is 5.75 Å². The zero-order valence-electron chi connectivity index (χ0n) is 14.6. The SMILES string of the molecule is COc1ccc2c(c1)nc([S@](=O)Cc1ncc(C)c(OC)c1C)n2N. The van der Waals surface area contributed by atoms with Gasteiger partial charge in [0.1, 0.15) is 11.5 Å². The molecule has 1 atom stereocenters. The summed E-state index contributed by atoms with van der Waals surface area (Å²) < 4.78 is 24.8. The number of aryl methyl sites for hydroxylation is 1. The highest BCUT2D eigenvalue weighted by atomic mass is 32.2. The van der Waals surface area contributed by atoms with E-state index in [0.29, 0.717) is 27.6 Å². The van der Waals surface area contributed by atoms with E-state index in [4.69, 9.17) is 15.3 Å². The van der Waals surface area contributed by atoms with Gasteiger partial charge in [-0.1, -0.05) is 0 Å². The van der Waals surface area contributed by atoms with Crippen molar-refractivity contribution < 1.29 is 13.7 Å². The van der Waals surface area contributed by atoms with Crippen LogP contribution in [-0.2, 0) is 16.6 Å². The highest BCUT2D eigenvalue weighted by Gasteiger charge is 2.19. The van der Waals surface area contributed by atoms with Crippen molar-refractivity contribution in [2.24, 2.45) is 0 Å². The lowest BCUT2D eigenvalue weighted by Gasteiger charge is -2.11. The molecule has 3 rings (SSSR count). The quantitative estimate of drug-likeness (QED) is 0.701. The molecule has 0 saturated heterocycles. The van der Waals surface area contributed by atoms with Crippen LogP contribution in [0.2, 0.25) is 0 Å². The van der Waals surface area contributed by atoms with Crippen molar-refractivity contribution in [1.82, 2.24) is 14.6 Å². The molecule has 0 spiro atoms. The number of fused-ring (bicyclic) bond motifs is 1. The number of nitrogens with two attached hydrogens (primary N) is 1. The van der Waals surface area contributed by atoms with Crippen LogP contribution in [0.15, 0.2) is 29.6 Å². The maximum absolute atomic E-state index is 12.8. The molecule has 0 aliphatic carbocycles. The van der Waals surface area contributed by atoms with Gasteiger partial charge < -0.3 is 15.3 Å². The Labute approximate surface area is 148 Å². The van der Waals surface area contributed by atoms with Crippen molar-refractivity contribution in [3.05, 3.63) is 41.2 Å². The molecule has 2 aromatic heterocycles. The Hall–Kier alpha value is -2.61. The average molecular weight is 360 g/mol. The summed E-state index contributed by atoms with van der Waals surface area (Å²) in [6.45, 7) is 3.83. The number of benzene rings is 1. The average Bonchev–Trinajstić information content (AvgIpc) is 2.94. The molecule has 0 aliphatic rings. The van der Waals surface area contributed by atoms with E-state index in [2.05, 4.69) is 9.97 Å². The molecule has 8 heteroatoms. The van der Waals surface area contributed by atoms with Gasteiger partial charge in [-0.15, -0.1) is 0 Å². The third-order valence-corrected chi connectivity index (χ3v) is 5.32.